The summed E-state index contributed by atoms with van der Waals surface area (Å²) in [6.45, 7) is 2.42. The highest BCUT2D eigenvalue weighted by Gasteiger charge is 2.16. The Bertz CT molecular complexity index is 1030. The van der Waals surface area contributed by atoms with Crippen molar-refractivity contribution in [3.63, 3.8) is 0 Å². The molecule has 2 aromatic carbocycles. The fraction of sp³-hybridized carbons (Fsp3) is 0.222. The standard InChI is InChI=1S/C18H18Cl2N4O2S/c1-2-3-13-4-8-16(9-5-13)27(25,26)23-18-21-12-24(22-18)11-14-6-7-15(19)10-17(14)20/h4-10,12H,2-3,11H2,1H3,(H,22,23). The first-order valence-corrected chi connectivity index (χ1v) is 10.6. The van der Waals surface area contributed by atoms with Gasteiger partial charge in [0.15, 0.2) is 0 Å². The molecule has 27 heavy (non-hydrogen) atoms. The van der Waals surface area contributed by atoms with Crippen molar-refractivity contribution in [3.05, 3.63) is 70.0 Å². The average molecular weight is 425 g/mol. The lowest BCUT2D eigenvalue weighted by molar-refractivity contribution is 0.600. The number of anilines is 1. The lowest BCUT2D eigenvalue weighted by Crippen LogP contribution is -2.14. The van der Waals surface area contributed by atoms with Crippen LogP contribution in [-0.2, 0) is 23.0 Å². The van der Waals surface area contributed by atoms with Crippen molar-refractivity contribution in [2.75, 3.05) is 4.72 Å². The van der Waals surface area contributed by atoms with Gasteiger partial charge < -0.3 is 0 Å². The Hall–Kier alpha value is -2.09. The van der Waals surface area contributed by atoms with Gasteiger partial charge in [0.1, 0.15) is 6.33 Å². The third-order valence-corrected chi connectivity index (χ3v) is 5.81. The Balaban J connectivity index is 1.72. The second-order valence-corrected chi connectivity index (χ2v) is 8.53. The minimum absolute atomic E-state index is 0.00211. The molecule has 0 fully saturated rings. The van der Waals surface area contributed by atoms with E-state index in [0.717, 1.165) is 24.0 Å². The molecule has 0 saturated heterocycles. The van der Waals surface area contributed by atoms with Gasteiger partial charge in [-0.25, -0.2) is 17.8 Å². The summed E-state index contributed by atoms with van der Waals surface area (Å²) < 4.78 is 28.9. The van der Waals surface area contributed by atoms with E-state index >= 15 is 0 Å². The zero-order valence-electron chi connectivity index (χ0n) is 14.6. The van der Waals surface area contributed by atoms with Crippen LogP contribution < -0.4 is 4.72 Å². The van der Waals surface area contributed by atoms with Crippen LogP contribution in [0.4, 0.5) is 5.95 Å². The van der Waals surface area contributed by atoms with Crippen LogP contribution >= 0.6 is 23.2 Å². The van der Waals surface area contributed by atoms with Gasteiger partial charge in [0.05, 0.1) is 11.4 Å². The molecule has 0 aliphatic rings. The first-order chi connectivity index (χ1) is 12.9. The molecular formula is C18H18Cl2N4O2S. The molecule has 0 atom stereocenters. The summed E-state index contributed by atoms with van der Waals surface area (Å²) in [7, 11) is -3.75. The SMILES string of the molecule is CCCc1ccc(S(=O)(=O)Nc2ncn(Cc3ccc(Cl)cc3Cl)n2)cc1. The fourth-order valence-electron chi connectivity index (χ4n) is 2.55. The van der Waals surface area contributed by atoms with Crippen molar-refractivity contribution in [2.24, 2.45) is 0 Å². The zero-order valence-corrected chi connectivity index (χ0v) is 16.9. The number of hydrogen-bond acceptors (Lipinski definition) is 4. The fourth-order valence-corrected chi connectivity index (χ4v) is 3.96. The predicted octanol–water partition coefficient (Wildman–Crippen LogP) is 4.39. The van der Waals surface area contributed by atoms with E-state index in [4.69, 9.17) is 23.2 Å². The number of sulfonamides is 1. The lowest BCUT2D eigenvalue weighted by Gasteiger charge is -2.06. The Morgan fingerprint density at radius 3 is 2.52 bits per heavy atom. The van der Waals surface area contributed by atoms with E-state index in [1.54, 1.807) is 30.3 Å². The van der Waals surface area contributed by atoms with Crippen LogP contribution in [0.3, 0.4) is 0 Å². The van der Waals surface area contributed by atoms with E-state index in [-0.39, 0.29) is 10.8 Å². The van der Waals surface area contributed by atoms with Crippen LogP contribution in [0.2, 0.25) is 10.0 Å². The number of halogens is 2. The predicted molar refractivity (Wildman–Crippen MR) is 107 cm³/mol. The maximum absolute atomic E-state index is 12.5. The third-order valence-electron chi connectivity index (χ3n) is 3.88. The summed E-state index contributed by atoms with van der Waals surface area (Å²) >= 11 is 12.0. The van der Waals surface area contributed by atoms with Gasteiger partial charge >= 0.3 is 0 Å². The molecule has 3 rings (SSSR count). The number of hydrogen-bond donors (Lipinski definition) is 1. The summed E-state index contributed by atoms with van der Waals surface area (Å²) in [6.07, 6.45) is 3.35. The second kappa shape index (κ2) is 8.29. The monoisotopic (exact) mass is 424 g/mol. The van der Waals surface area contributed by atoms with E-state index in [0.29, 0.717) is 16.6 Å². The first-order valence-electron chi connectivity index (χ1n) is 8.32. The van der Waals surface area contributed by atoms with Crippen molar-refractivity contribution >= 4 is 39.2 Å². The smallest absolute Gasteiger partial charge is 0.246 e. The van der Waals surface area contributed by atoms with E-state index in [9.17, 15) is 8.42 Å². The Labute approximate surface area is 168 Å². The van der Waals surface area contributed by atoms with Crippen molar-refractivity contribution in [1.29, 1.82) is 0 Å². The van der Waals surface area contributed by atoms with E-state index < -0.39 is 10.0 Å². The van der Waals surface area contributed by atoms with Crippen LogP contribution in [0.5, 0.6) is 0 Å². The van der Waals surface area contributed by atoms with Crippen molar-refractivity contribution in [2.45, 2.75) is 31.2 Å². The molecule has 3 aromatic rings. The number of nitrogens with one attached hydrogen (secondary N) is 1. The minimum Gasteiger partial charge on any atom is -0.246 e. The minimum atomic E-state index is -3.75. The molecule has 0 aliphatic carbocycles. The Kier molecular flexibility index (Phi) is 6.04. The highest BCUT2D eigenvalue weighted by Crippen LogP contribution is 2.22. The van der Waals surface area contributed by atoms with E-state index in [1.165, 1.54) is 11.0 Å². The first kappa shape index (κ1) is 19.7. The summed E-state index contributed by atoms with van der Waals surface area (Å²) in [4.78, 5) is 4.18. The average Bonchev–Trinajstić information content (AvgIpc) is 3.04. The highest BCUT2D eigenvalue weighted by molar-refractivity contribution is 7.92. The van der Waals surface area contributed by atoms with Gasteiger partial charge in [-0.2, -0.15) is 4.98 Å². The van der Waals surface area contributed by atoms with Crippen molar-refractivity contribution < 1.29 is 8.42 Å². The molecule has 1 heterocycles. The number of rotatable bonds is 7. The number of benzene rings is 2. The highest BCUT2D eigenvalue weighted by atomic mass is 35.5. The van der Waals surface area contributed by atoms with Gasteiger partial charge in [-0.3, -0.25) is 0 Å². The van der Waals surface area contributed by atoms with Gasteiger partial charge in [-0.15, -0.1) is 5.10 Å². The molecule has 0 radical (unpaired) electrons. The summed E-state index contributed by atoms with van der Waals surface area (Å²) in [6, 6.07) is 11.9. The summed E-state index contributed by atoms with van der Waals surface area (Å²) in [5.74, 6) is -0.00211. The third kappa shape index (κ3) is 5.00. The summed E-state index contributed by atoms with van der Waals surface area (Å²) in [5, 5.41) is 5.20. The maximum Gasteiger partial charge on any atom is 0.264 e. The van der Waals surface area contributed by atoms with Crippen LogP contribution in [0.1, 0.15) is 24.5 Å². The number of aryl methyl sites for hydroxylation is 1. The van der Waals surface area contributed by atoms with Gasteiger partial charge in [0.25, 0.3) is 16.0 Å². The topological polar surface area (TPSA) is 76.9 Å². The van der Waals surface area contributed by atoms with E-state index in [2.05, 4.69) is 21.7 Å². The van der Waals surface area contributed by atoms with Crippen molar-refractivity contribution in [1.82, 2.24) is 14.8 Å². The molecule has 0 aliphatic heterocycles. The largest absolute Gasteiger partial charge is 0.264 e. The zero-order chi connectivity index (χ0) is 19.4. The molecule has 1 aromatic heterocycles. The molecule has 0 bridgehead atoms. The van der Waals surface area contributed by atoms with Gasteiger partial charge in [0, 0.05) is 10.0 Å². The second-order valence-electron chi connectivity index (χ2n) is 6.00. The van der Waals surface area contributed by atoms with Gasteiger partial charge in [-0.1, -0.05) is 54.7 Å². The molecule has 9 heteroatoms. The molecule has 0 saturated carbocycles. The van der Waals surface area contributed by atoms with Crippen LogP contribution in [0.15, 0.2) is 53.7 Å². The maximum atomic E-state index is 12.5. The molecule has 1 N–H and O–H groups in total. The molecule has 142 valence electrons. The quantitative estimate of drug-likeness (QED) is 0.609. The Morgan fingerprint density at radius 2 is 1.85 bits per heavy atom. The Morgan fingerprint density at radius 1 is 1.11 bits per heavy atom. The molecular weight excluding hydrogens is 407 g/mol. The van der Waals surface area contributed by atoms with Crippen molar-refractivity contribution in [3.8, 4) is 0 Å². The van der Waals surface area contributed by atoms with Crippen LogP contribution in [0, 0.1) is 0 Å². The summed E-state index contributed by atoms with van der Waals surface area (Å²) in [5.41, 5.74) is 1.89. The molecule has 6 nitrogen and oxygen atoms in total. The number of nitrogens with zero attached hydrogens (tertiary/aromatic N) is 3. The van der Waals surface area contributed by atoms with Gasteiger partial charge in [0.2, 0.25) is 0 Å². The van der Waals surface area contributed by atoms with Gasteiger partial charge in [-0.05, 0) is 41.8 Å². The van der Waals surface area contributed by atoms with Crippen LogP contribution in [-0.4, -0.2) is 23.2 Å². The van der Waals surface area contributed by atoms with Crippen LogP contribution in [0.25, 0.3) is 0 Å². The molecule has 0 unspecified atom stereocenters. The molecule has 0 amide bonds. The normalized spacial score (nSPS) is 11.5. The molecule has 0 spiro atoms. The lowest BCUT2D eigenvalue weighted by atomic mass is 10.1. The van der Waals surface area contributed by atoms with E-state index in [1.807, 2.05) is 12.1 Å². The number of aromatic nitrogens is 3.